The van der Waals surface area contributed by atoms with E-state index in [1.165, 1.54) is 4.90 Å². The number of hydrogen-bond donors (Lipinski definition) is 0. The van der Waals surface area contributed by atoms with Gasteiger partial charge in [0.2, 0.25) is 11.8 Å². The van der Waals surface area contributed by atoms with E-state index in [4.69, 9.17) is 4.74 Å². The largest absolute Gasteiger partial charge is 0.457 e. The molecule has 0 radical (unpaired) electrons. The fourth-order valence-corrected chi connectivity index (χ4v) is 4.44. The highest BCUT2D eigenvalue weighted by molar-refractivity contribution is 6.22. The minimum Gasteiger partial charge on any atom is -0.457 e. The zero-order chi connectivity index (χ0) is 19.1. The average molecular weight is 363 g/mol. The van der Waals surface area contributed by atoms with E-state index in [1.54, 1.807) is 12.1 Å². The molecule has 1 aliphatic carbocycles. The van der Waals surface area contributed by atoms with Crippen molar-refractivity contribution in [1.29, 1.82) is 0 Å². The average Bonchev–Trinajstić information content (AvgIpc) is 2.85. The summed E-state index contributed by atoms with van der Waals surface area (Å²) in [5, 5.41) is 0. The Hall–Kier alpha value is -2.62. The van der Waals surface area contributed by atoms with Gasteiger partial charge < -0.3 is 4.74 Å². The van der Waals surface area contributed by atoms with E-state index < -0.39 is 0 Å². The van der Waals surface area contributed by atoms with Crippen molar-refractivity contribution >= 4 is 17.5 Å². The molecule has 1 saturated heterocycles. The van der Waals surface area contributed by atoms with Crippen LogP contribution in [0.25, 0.3) is 0 Å². The summed E-state index contributed by atoms with van der Waals surface area (Å²) in [6.45, 7) is 6.23. The number of imide groups is 1. The summed E-state index contributed by atoms with van der Waals surface area (Å²) in [6, 6.07) is 13.3. The molecule has 3 atom stereocenters. The molecule has 1 heterocycles. The van der Waals surface area contributed by atoms with Crippen LogP contribution >= 0.6 is 0 Å². The quantitative estimate of drug-likeness (QED) is 0.719. The van der Waals surface area contributed by atoms with Gasteiger partial charge in [-0.25, -0.2) is 0 Å². The second kappa shape index (κ2) is 6.84. The minimum absolute atomic E-state index is 0.0418. The number of ether oxygens (including phenoxy) is 1. The molecule has 0 bridgehead atoms. The Kier molecular flexibility index (Phi) is 4.50. The molecule has 0 N–H and O–H groups in total. The van der Waals surface area contributed by atoms with Gasteiger partial charge >= 0.3 is 0 Å². The lowest BCUT2D eigenvalue weighted by Crippen LogP contribution is -2.30. The number of aryl methyl sites for hydroxylation is 2. The number of hydrogen-bond acceptors (Lipinski definition) is 3. The molecule has 2 aromatic carbocycles. The van der Waals surface area contributed by atoms with Crippen molar-refractivity contribution < 1.29 is 14.3 Å². The van der Waals surface area contributed by atoms with Gasteiger partial charge in [0.15, 0.2) is 0 Å². The predicted molar refractivity (Wildman–Crippen MR) is 105 cm³/mol. The van der Waals surface area contributed by atoms with E-state index >= 15 is 0 Å². The first kappa shape index (κ1) is 17.8. The van der Waals surface area contributed by atoms with E-state index in [0.717, 1.165) is 36.1 Å². The van der Waals surface area contributed by atoms with Gasteiger partial charge in [0.1, 0.15) is 11.5 Å². The number of carbonyl (C=O) groups excluding carboxylic acids is 2. The van der Waals surface area contributed by atoms with Crippen molar-refractivity contribution in [1.82, 2.24) is 0 Å². The molecular formula is C23H25NO3. The van der Waals surface area contributed by atoms with Gasteiger partial charge in [-0.05, 0) is 86.6 Å². The first-order chi connectivity index (χ1) is 12.9. The Morgan fingerprint density at radius 1 is 0.852 bits per heavy atom. The summed E-state index contributed by atoms with van der Waals surface area (Å²) >= 11 is 0. The van der Waals surface area contributed by atoms with E-state index in [9.17, 15) is 9.59 Å². The molecule has 1 aliphatic heterocycles. The van der Waals surface area contributed by atoms with Gasteiger partial charge in [0.25, 0.3) is 0 Å². The molecule has 2 amide bonds. The maximum Gasteiger partial charge on any atom is 0.237 e. The smallest absolute Gasteiger partial charge is 0.237 e. The Labute approximate surface area is 160 Å². The van der Waals surface area contributed by atoms with Crippen LogP contribution in [-0.2, 0) is 9.59 Å². The molecular weight excluding hydrogens is 338 g/mol. The second-order valence-electron chi connectivity index (χ2n) is 8.06. The van der Waals surface area contributed by atoms with Gasteiger partial charge in [0, 0.05) is 0 Å². The Bertz CT molecular complexity index is 867. The minimum atomic E-state index is -0.146. The third-order valence-electron chi connectivity index (χ3n) is 5.71. The van der Waals surface area contributed by atoms with E-state index in [0.29, 0.717) is 17.4 Å². The number of nitrogens with zero attached hydrogens (tertiary/aromatic N) is 1. The normalized spacial score (nSPS) is 24.9. The Morgan fingerprint density at radius 2 is 1.48 bits per heavy atom. The number of benzene rings is 2. The molecule has 140 valence electrons. The molecule has 0 spiro atoms. The first-order valence-corrected chi connectivity index (χ1v) is 9.66. The van der Waals surface area contributed by atoms with Crippen molar-refractivity contribution in [3.8, 4) is 11.5 Å². The SMILES string of the molecule is Cc1cc(C)cc(Oc2ccc(N3C(=O)C4CCC(C)CC4C3=O)cc2)c1. The summed E-state index contributed by atoms with van der Waals surface area (Å²) in [5.41, 5.74) is 2.93. The van der Waals surface area contributed by atoms with Gasteiger partial charge in [-0.1, -0.05) is 13.0 Å². The van der Waals surface area contributed by atoms with Crippen LogP contribution in [0.5, 0.6) is 11.5 Å². The third-order valence-corrected chi connectivity index (χ3v) is 5.71. The van der Waals surface area contributed by atoms with Crippen molar-refractivity contribution in [2.45, 2.75) is 40.0 Å². The number of fused-ring (bicyclic) bond motifs is 1. The highest BCUT2D eigenvalue weighted by Crippen LogP contribution is 2.42. The van der Waals surface area contributed by atoms with Crippen molar-refractivity contribution in [3.63, 3.8) is 0 Å². The number of anilines is 1. The lowest BCUT2D eigenvalue weighted by molar-refractivity contribution is -0.122. The number of carbonyl (C=O) groups is 2. The fourth-order valence-electron chi connectivity index (χ4n) is 4.44. The molecule has 27 heavy (non-hydrogen) atoms. The van der Waals surface area contributed by atoms with Gasteiger partial charge in [0.05, 0.1) is 17.5 Å². The van der Waals surface area contributed by atoms with Crippen LogP contribution < -0.4 is 9.64 Å². The summed E-state index contributed by atoms with van der Waals surface area (Å²) in [4.78, 5) is 27.0. The topological polar surface area (TPSA) is 46.6 Å². The lowest BCUT2D eigenvalue weighted by atomic mass is 9.76. The van der Waals surface area contributed by atoms with E-state index in [2.05, 4.69) is 13.0 Å². The molecule has 2 fully saturated rings. The number of amides is 2. The second-order valence-corrected chi connectivity index (χ2v) is 8.06. The zero-order valence-electron chi connectivity index (χ0n) is 16.1. The van der Waals surface area contributed by atoms with E-state index in [-0.39, 0.29) is 23.7 Å². The highest BCUT2D eigenvalue weighted by atomic mass is 16.5. The molecule has 3 unspecified atom stereocenters. The molecule has 2 aliphatic rings. The lowest BCUT2D eigenvalue weighted by Gasteiger charge is -2.25. The fraction of sp³-hybridized carbons (Fsp3) is 0.391. The van der Waals surface area contributed by atoms with Gasteiger partial charge in [-0.15, -0.1) is 0 Å². The summed E-state index contributed by atoms with van der Waals surface area (Å²) in [6.07, 6.45) is 2.66. The highest BCUT2D eigenvalue weighted by Gasteiger charge is 2.49. The predicted octanol–water partition coefficient (Wildman–Crippen LogP) is 5.02. The maximum atomic E-state index is 12.8. The van der Waals surface area contributed by atoms with Gasteiger partial charge in [-0.2, -0.15) is 0 Å². The molecule has 0 aromatic heterocycles. The summed E-state index contributed by atoms with van der Waals surface area (Å²) in [5.74, 6) is 1.62. The van der Waals surface area contributed by atoms with E-state index in [1.807, 2.05) is 38.1 Å². The monoisotopic (exact) mass is 363 g/mol. The van der Waals surface area contributed by atoms with Crippen molar-refractivity contribution in [3.05, 3.63) is 53.6 Å². The first-order valence-electron chi connectivity index (χ1n) is 9.66. The van der Waals surface area contributed by atoms with Crippen LogP contribution in [0.1, 0.15) is 37.3 Å². The van der Waals surface area contributed by atoms with Crippen molar-refractivity contribution in [2.75, 3.05) is 4.90 Å². The summed E-state index contributed by atoms with van der Waals surface area (Å²) < 4.78 is 5.93. The van der Waals surface area contributed by atoms with Crippen LogP contribution in [0.2, 0.25) is 0 Å². The molecule has 4 heteroatoms. The molecule has 1 saturated carbocycles. The van der Waals surface area contributed by atoms with Crippen LogP contribution in [0.15, 0.2) is 42.5 Å². The van der Waals surface area contributed by atoms with Crippen LogP contribution in [-0.4, -0.2) is 11.8 Å². The van der Waals surface area contributed by atoms with Crippen molar-refractivity contribution in [2.24, 2.45) is 17.8 Å². The molecule has 4 rings (SSSR count). The maximum absolute atomic E-state index is 12.8. The Balaban J connectivity index is 1.53. The third kappa shape index (κ3) is 3.36. The van der Waals surface area contributed by atoms with Crippen LogP contribution in [0.4, 0.5) is 5.69 Å². The van der Waals surface area contributed by atoms with Gasteiger partial charge in [-0.3, -0.25) is 14.5 Å². The standard InChI is InChI=1S/C23H25NO3/c1-14-4-9-20-21(13-14)23(26)24(22(20)25)17-5-7-18(8-6-17)27-19-11-15(2)10-16(3)12-19/h5-8,10-12,14,20-21H,4,9,13H2,1-3H3. The molecule has 2 aromatic rings. The Morgan fingerprint density at radius 3 is 2.15 bits per heavy atom. The van der Waals surface area contributed by atoms with Crippen LogP contribution in [0, 0.1) is 31.6 Å². The molecule has 4 nitrogen and oxygen atoms in total. The van der Waals surface area contributed by atoms with Crippen LogP contribution in [0.3, 0.4) is 0 Å². The summed E-state index contributed by atoms with van der Waals surface area (Å²) in [7, 11) is 0. The zero-order valence-corrected chi connectivity index (χ0v) is 16.1. The number of rotatable bonds is 3.